The molecule has 0 unspecified atom stereocenters. The first-order valence-corrected chi connectivity index (χ1v) is 4.83. The molecule has 16 heavy (non-hydrogen) atoms. The van der Waals surface area contributed by atoms with Crippen molar-refractivity contribution in [3.63, 3.8) is 0 Å². The molecular formula is C11H14O5. The van der Waals surface area contributed by atoms with Crippen LogP contribution in [-0.4, -0.2) is 20.2 Å². The van der Waals surface area contributed by atoms with Crippen molar-refractivity contribution in [1.29, 1.82) is 0 Å². The van der Waals surface area contributed by atoms with Crippen LogP contribution in [0, 0.1) is 6.92 Å². The molecule has 88 valence electrons. The smallest absolute Gasteiger partial charge is 0.339 e. The summed E-state index contributed by atoms with van der Waals surface area (Å²) in [7, 11) is 2.79. The monoisotopic (exact) mass is 226 g/mol. The highest BCUT2D eigenvalue weighted by Crippen LogP contribution is 2.19. The second-order valence-corrected chi connectivity index (χ2v) is 3.26. The van der Waals surface area contributed by atoms with E-state index in [0.717, 1.165) is 5.56 Å². The summed E-state index contributed by atoms with van der Waals surface area (Å²) in [6, 6.07) is 1.27. The fourth-order valence-electron chi connectivity index (χ4n) is 1.35. The maximum absolute atomic E-state index is 11.2. The molecule has 0 N–H and O–H groups in total. The van der Waals surface area contributed by atoms with Crippen LogP contribution >= 0.6 is 0 Å². The number of ether oxygens (including phenoxy) is 2. The molecule has 0 spiro atoms. The molecule has 0 fully saturated rings. The Kier molecular flexibility index (Phi) is 4.10. The van der Waals surface area contributed by atoms with Gasteiger partial charge >= 0.3 is 11.6 Å². The van der Waals surface area contributed by atoms with Crippen molar-refractivity contribution in [2.45, 2.75) is 19.8 Å². The maximum Gasteiger partial charge on any atom is 0.339 e. The van der Waals surface area contributed by atoms with E-state index in [9.17, 15) is 9.59 Å². The Morgan fingerprint density at radius 1 is 1.44 bits per heavy atom. The number of rotatable bonds is 4. The van der Waals surface area contributed by atoms with Gasteiger partial charge in [0.15, 0.2) is 0 Å². The van der Waals surface area contributed by atoms with E-state index in [1.165, 1.54) is 20.3 Å². The molecule has 0 aromatic carbocycles. The Hall–Kier alpha value is -1.78. The topological polar surface area (TPSA) is 65.7 Å². The molecule has 1 aromatic rings. The van der Waals surface area contributed by atoms with Crippen LogP contribution in [0.1, 0.15) is 17.7 Å². The van der Waals surface area contributed by atoms with Gasteiger partial charge in [-0.3, -0.25) is 4.79 Å². The van der Waals surface area contributed by atoms with Crippen LogP contribution in [-0.2, 0) is 16.0 Å². The summed E-state index contributed by atoms with van der Waals surface area (Å²) < 4.78 is 14.5. The van der Waals surface area contributed by atoms with Crippen molar-refractivity contribution in [1.82, 2.24) is 0 Å². The normalized spacial score (nSPS) is 9.94. The molecule has 0 aliphatic carbocycles. The van der Waals surface area contributed by atoms with Gasteiger partial charge in [0.05, 0.1) is 26.7 Å². The zero-order valence-electron chi connectivity index (χ0n) is 9.53. The SMILES string of the molecule is COC(=O)CCc1oc(=O)cc(OC)c1C. The van der Waals surface area contributed by atoms with Gasteiger partial charge in [-0.25, -0.2) is 4.79 Å². The van der Waals surface area contributed by atoms with Gasteiger partial charge in [-0.2, -0.15) is 0 Å². The molecule has 0 saturated heterocycles. The van der Waals surface area contributed by atoms with Crippen molar-refractivity contribution in [3.05, 3.63) is 27.8 Å². The van der Waals surface area contributed by atoms with E-state index < -0.39 is 5.63 Å². The number of methoxy groups -OCH3 is 2. The second kappa shape index (κ2) is 5.34. The molecule has 0 aliphatic heterocycles. The van der Waals surface area contributed by atoms with Gasteiger partial charge < -0.3 is 13.9 Å². The first-order valence-electron chi connectivity index (χ1n) is 4.83. The number of aryl methyl sites for hydroxylation is 1. The Balaban J connectivity index is 2.91. The van der Waals surface area contributed by atoms with Gasteiger partial charge in [-0.05, 0) is 6.92 Å². The summed E-state index contributed by atoms with van der Waals surface area (Å²) >= 11 is 0. The second-order valence-electron chi connectivity index (χ2n) is 3.26. The van der Waals surface area contributed by atoms with E-state index in [1.54, 1.807) is 6.92 Å². The molecule has 0 atom stereocenters. The van der Waals surface area contributed by atoms with E-state index in [1.807, 2.05) is 0 Å². The quantitative estimate of drug-likeness (QED) is 0.718. The lowest BCUT2D eigenvalue weighted by Gasteiger charge is -2.07. The lowest BCUT2D eigenvalue weighted by Crippen LogP contribution is -2.08. The van der Waals surface area contributed by atoms with Gasteiger partial charge in [-0.15, -0.1) is 0 Å². The standard InChI is InChI=1S/C11H14O5/c1-7-8(4-5-10(12)15-3)16-11(13)6-9(7)14-2/h6H,4-5H2,1-3H3. The number of esters is 1. The lowest BCUT2D eigenvalue weighted by molar-refractivity contribution is -0.140. The minimum absolute atomic E-state index is 0.174. The Labute approximate surface area is 93.0 Å². The van der Waals surface area contributed by atoms with Crippen LogP contribution in [0.15, 0.2) is 15.3 Å². The molecule has 1 rings (SSSR count). The first kappa shape index (κ1) is 12.3. The fourth-order valence-corrected chi connectivity index (χ4v) is 1.35. The van der Waals surface area contributed by atoms with Gasteiger partial charge in [0.1, 0.15) is 11.5 Å². The maximum atomic E-state index is 11.2. The molecule has 0 aliphatic rings. The highest BCUT2D eigenvalue weighted by Gasteiger charge is 2.11. The van der Waals surface area contributed by atoms with E-state index in [0.29, 0.717) is 17.9 Å². The van der Waals surface area contributed by atoms with E-state index in [4.69, 9.17) is 9.15 Å². The minimum atomic E-state index is -0.484. The average molecular weight is 226 g/mol. The van der Waals surface area contributed by atoms with Gasteiger partial charge in [-0.1, -0.05) is 0 Å². The molecule has 5 nitrogen and oxygen atoms in total. The summed E-state index contributed by atoms with van der Waals surface area (Å²) in [5, 5.41) is 0. The third kappa shape index (κ3) is 2.85. The predicted molar refractivity (Wildman–Crippen MR) is 56.6 cm³/mol. The van der Waals surface area contributed by atoms with Crippen molar-refractivity contribution in [2.75, 3.05) is 14.2 Å². The number of hydrogen-bond donors (Lipinski definition) is 0. The predicted octanol–water partition coefficient (Wildman–Crippen LogP) is 1.06. The van der Waals surface area contributed by atoms with Crippen LogP contribution in [0.3, 0.4) is 0 Å². The minimum Gasteiger partial charge on any atom is -0.496 e. The summed E-state index contributed by atoms with van der Waals surface area (Å²) in [6.07, 6.45) is 0.498. The largest absolute Gasteiger partial charge is 0.496 e. The summed E-state index contributed by atoms with van der Waals surface area (Å²) in [5.74, 6) is 0.579. The Bertz CT molecular complexity index is 432. The molecule has 1 heterocycles. The summed E-state index contributed by atoms with van der Waals surface area (Å²) in [5.41, 5.74) is 0.244. The molecule has 0 bridgehead atoms. The van der Waals surface area contributed by atoms with Gasteiger partial charge in [0.25, 0.3) is 0 Å². The highest BCUT2D eigenvalue weighted by molar-refractivity contribution is 5.69. The Morgan fingerprint density at radius 3 is 2.69 bits per heavy atom. The fraction of sp³-hybridized carbons (Fsp3) is 0.455. The molecule has 5 heteroatoms. The zero-order chi connectivity index (χ0) is 12.1. The average Bonchev–Trinajstić information content (AvgIpc) is 2.29. The van der Waals surface area contributed by atoms with Crippen molar-refractivity contribution < 1.29 is 18.7 Å². The molecule has 0 radical (unpaired) electrons. The van der Waals surface area contributed by atoms with Crippen molar-refractivity contribution >= 4 is 5.97 Å². The van der Waals surface area contributed by atoms with Crippen molar-refractivity contribution in [3.8, 4) is 5.75 Å². The van der Waals surface area contributed by atoms with Crippen LogP contribution in [0.2, 0.25) is 0 Å². The van der Waals surface area contributed by atoms with Crippen LogP contribution in [0.25, 0.3) is 0 Å². The van der Waals surface area contributed by atoms with E-state index >= 15 is 0 Å². The van der Waals surface area contributed by atoms with Crippen LogP contribution < -0.4 is 10.4 Å². The third-order valence-corrected chi connectivity index (χ3v) is 2.26. The van der Waals surface area contributed by atoms with E-state index in [2.05, 4.69) is 4.74 Å². The third-order valence-electron chi connectivity index (χ3n) is 2.26. The van der Waals surface area contributed by atoms with Gasteiger partial charge in [0.2, 0.25) is 0 Å². The highest BCUT2D eigenvalue weighted by atomic mass is 16.5. The van der Waals surface area contributed by atoms with Crippen LogP contribution in [0.4, 0.5) is 0 Å². The molecule has 0 saturated carbocycles. The first-order chi connectivity index (χ1) is 7.58. The van der Waals surface area contributed by atoms with E-state index in [-0.39, 0.29) is 12.4 Å². The lowest BCUT2D eigenvalue weighted by atomic mass is 10.1. The molecule has 1 aromatic heterocycles. The number of carbonyl (C=O) groups excluding carboxylic acids is 1. The van der Waals surface area contributed by atoms with Crippen molar-refractivity contribution in [2.24, 2.45) is 0 Å². The molecular weight excluding hydrogens is 212 g/mol. The number of hydrogen-bond acceptors (Lipinski definition) is 5. The number of carbonyl (C=O) groups is 1. The van der Waals surface area contributed by atoms with Gasteiger partial charge in [0, 0.05) is 12.0 Å². The molecule has 0 amide bonds. The Morgan fingerprint density at radius 2 is 2.12 bits per heavy atom. The summed E-state index contributed by atoms with van der Waals surface area (Å²) in [6.45, 7) is 1.77. The summed E-state index contributed by atoms with van der Waals surface area (Å²) in [4.78, 5) is 22.1. The zero-order valence-corrected chi connectivity index (χ0v) is 9.53. The van der Waals surface area contributed by atoms with Crippen LogP contribution in [0.5, 0.6) is 5.75 Å².